The summed E-state index contributed by atoms with van der Waals surface area (Å²) in [4.78, 5) is 61.5. The number of hydrogen-bond acceptors (Lipinski definition) is 12. The molecule has 0 aromatic rings. The first-order valence-corrected chi connectivity index (χ1v) is 36.7. The van der Waals surface area contributed by atoms with Gasteiger partial charge in [0, 0.05) is 52.5 Å². The zero-order valence-corrected chi connectivity index (χ0v) is 73.5. The molecule has 0 aromatic carbocycles. The maximum Gasteiger partial charge on any atom is 2.00 e. The van der Waals surface area contributed by atoms with Crippen LogP contribution in [-0.2, 0) is 52.5 Å². The third kappa shape index (κ3) is 141. The minimum absolute atomic E-state index is 0. The second-order valence-electron chi connectivity index (χ2n) is 23.7. The van der Waals surface area contributed by atoms with Crippen molar-refractivity contribution in [2.24, 2.45) is 23.7 Å². The number of allylic oxidation sites excluding steroid dienone is 2. The van der Waals surface area contributed by atoms with E-state index in [1.54, 1.807) is 27.2 Å². The molecule has 1 saturated heterocycles. The van der Waals surface area contributed by atoms with E-state index in [1.165, 1.54) is 173 Å². The molecular formula is C78H159NO11U2. The van der Waals surface area contributed by atoms with Gasteiger partial charge in [0.1, 0.15) is 12.4 Å². The first-order valence-electron chi connectivity index (χ1n) is 36.7. The Labute approximate surface area is 623 Å². The molecule has 2 atom stereocenters. The van der Waals surface area contributed by atoms with Gasteiger partial charge < -0.3 is 63.7 Å². The van der Waals surface area contributed by atoms with Crippen LogP contribution in [-0.4, -0.2) is 102 Å². The van der Waals surface area contributed by atoms with Crippen molar-refractivity contribution in [1.29, 1.82) is 0 Å². The number of unbranched alkanes of at least 4 members (excludes halogenated alkanes) is 22. The standard InChI is InChI=1S/C16H32O.C13H26O2.C9H20O.2C8H17.C6H11NO2.C6H11O.C4H8O2.C3H6O.C3H5O.C2H6.2U/c1-6-9-10-12-15(14(4)5)13-17-16(8-3)11-7-2;1-4-5-6-7-8-9-10-15-13(14)11-12(2)3;1-3-4-5-6-7-8-9-10-2;2*1-3-5-7-8-6-4-2;1-7-3-2-6(4-7)9-5-8;1-5(2)4-6(3)7;1-3-4(5)6-2;2*1-2-3-4;1-2;;/h11,14-15H,6-10,12-13H2,1-5H3;12H,4-11H2,1-3H3;3-9H2,1-2H3;2*1,3-8H2,2H3;5-6H,2-4H2,1H3;5H,3-4H2,1-2H3;3H2,1-2H3;3H,2H2,1H3;2H2,1H3;1-2H3;;/q;;;2*-1;;-1;;;-1;;2*+2/b16-11+;;;;;;;;;;;;. The van der Waals surface area contributed by atoms with Crippen LogP contribution < -0.4 is 0 Å². The Morgan fingerprint density at radius 3 is 1.24 bits per heavy atom. The quantitative estimate of drug-likeness (QED) is 0.0143. The molecule has 1 fully saturated rings. The Balaban J connectivity index is -0.0000000790. The van der Waals surface area contributed by atoms with Gasteiger partial charge in [0.05, 0.1) is 26.1 Å². The molecule has 1 aliphatic rings. The number of rotatable bonds is 43. The van der Waals surface area contributed by atoms with Gasteiger partial charge in [0.15, 0.2) is 0 Å². The SMILES string of the molecule is CC.CC/C=C(\CC)OCC(CCCCC)C(C)C.CCC(=O)OC.CCC=O.CCCCCCCCOC.CCCCCCCCOC(=O)CC(C)C.CC[C-]=O.CN1CCC(OC=O)C1.[CH2-]C(=O)CC(C)C.[CH2-]CCCCCCC.[CH2-]CCCCCCC.[U+2].[U+2]. The molecule has 0 amide bonds. The van der Waals surface area contributed by atoms with Gasteiger partial charge in [-0.05, 0) is 81.1 Å². The minimum Gasteiger partial charge on any atom is -0.542 e. The van der Waals surface area contributed by atoms with E-state index in [0.717, 1.165) is 77.0 Å². The van der Waals surface area contributed by atoms with Crippen LogP contribution in [0.5, 0.6) is 0 Å². The number of ether oxygens (including phenoxy) is 5. The number of likely N-dealkylation sites (N-methyl/N-ethyl adjacent to an activating group) is 1. The number of carbonyl (C=O) groups excluding carboxylic acids is 6. The van der Waals surface area contributed by atoms with Crippen molar-refractivity contribution in [2.45, 2.75) is 362 Å². The maximum absolute atomic E-state index is 11.2. The van der Waals surface area contributed by atoms with Crippen molar-refractivity contribution in [3.8, 4) is 0 Å². The van der Waals surface area contributed by atoms with Crippen molar-refractivity contribution in [3.63, 3.8) is 0 Å². The third-order valence-corrected chi connectivity index (χ3v) is 13.2. The average Bonchev–Trinajstić information content (AvgIpc) is 4.16. The second-order valence-corrected chi connectivity index (χ2v) is 23.7. The van der Waals surface area contributed by atoms with Gasteiger partial charge >= 0.3 is 74.2 Å². The fourth-order valence-electron chi connectivity index (χ4n) is 7.74. The van der Waals surface area contributed by atoms with E-state index in [0.29, 0.717) is 62.9 Å². The van der Waals surface area contributed by atoms with E-state index in [9.17, 15) is 24.0 Å². The number of Topliss-reactive ketones (excluding diaryl/α,β-unsaturated/α-hetero) is 1. The molecule has 0 aliphatic carbocycles. The van der Waals surface area contributed by atoms with Crippen LogP contribution in [0.3, 0.4) is 0 Å². The smallest absolute Gasteiger partial charge is 0.542 e. The summed E-state index contributed by atoms with van der Waals surface area (Å²) in [6, 6.07) is 0. The Kier molecular flexibility index (Phi) is 146. The average molecular weight is 1760 g/mol. The van der Waals surface area contributed by atoms with E-state index < -0.39 is 0 Å². The predicted molar refractivity (Wildman–Crippen MR) is 392 cm³/mol. The van der Waals surface area contributed by atoms with Crippen molar-refractivity contribution in [1.82, 2.24) is 4.90 Å². The van der Waals surface area contributed by atoms with Gasteiger partial charge in [0.25, 0.3) is 6.47 Å². The molecule has 12 nitrogen and oxygen atoms in total. The molecule has 14 heteroatoms. The topological polar surface area (TPSA) is 152 Å². The molecule has 92 heavy (non-hydrogen) atoms. The number of methoxy groups -OCH3 is 2. The number of esters is 2. The summed E-state index contributed by atoms with van der Waals surface area (Å²) in [5.41, 5.74) is 0. The Bertz CT molecular complexity index is 1310. The number of ketones is 1. The van der Waals surface area contributed by atoms with E-state index in [2.05, 4.69) is 98.8 Å². The first-order chi connectivity index (χ1) is 43.1. The van der Waals surface area contributed by atoms with Crippen LogP contribution in [0.2, 0.25) is 0 Å². The second kappa shape index (κ2) is 114. The molecule has 0 N–H and O–H groups in total. The summed E-state index contributed by atoms with van der Waals surface area (Å²) < 4.78 is 25.0. The predicted octanol–water partition coefficient (Wildman–Crippen LogP) is 22.8. The number of hydrogen-bond donors (Lipinski definition) is 0. The van der Waals surface area contributed by atoms with Gasteiger partial charge in [-0.3, -0.25) is 20.7 Å². The Morgan fingerprint density at radius 2 is 0.967 bits per heavy atom. The van der Waals surface area contributed by atoms with Gasteiger partial charge in [0.2, 0.25) is 0 Å². The van der Waals surface area contributed by atoms with Gasteiger partial charge in [-0.15, -0.1) is 0 Å². The van der Waals surface area contributed by atoms with E-state index in [4.69, 9.17) is 23.7 Å². The van der Waals surface area contributed by atoms with Crippen molar-refractivity contribution >= 4 is 36.8 Å². The molecule has 1 aliphatic heterocycles. The molecule has 0 spiro atoms. The van der Waals surface area contributed by atoms with Gasteiger partial charge in [-0.1, -0.05) is 272 Å². The van der Waals surface area contributed by atoms with Crippen LogP contribution in [0.25, 0.3) is 0 Å². The normalized spacial score (nSPS) is 11.8. The van der Waals surface area contributed by atoms with Crippen molar-refractivity contribution in [3.05, 3.63) is 32.6 Å². The summed E-state index contributed by atoms with van der Waals surface area (Å²) in [5, 5.41) is 0. The Hall–Kier alpha value is -1.15. The number of nitrogens with zero attached hydrogens (tertiary/aromatic N) is 1. The largest absolute Gasteiger partial charge is 2.00 e. The molecule has 1 rings (SSSR count). The Morgan fingerprint density at radius 1 is 0.565 bits per heavy atom. The van der Waals surface area contributed by atoms with Crippen molar-refractivity contribution < 1.29 is 115 Å². The number of carbonyl (C=O) groups is 5. The van der Waals surface area contributed by atoms with Crippen molar-refractivity contribution in [2.75, 3.05) is 54.2 Å². The van der Waals surface area contributed by atoms with Crippen LogP contribution in [0, 0.1) is 107 Å². The first kappa shape index (κ1) is 118. The van der Waals surface area contributed by atoms with Crippen LogP contribution in [0.1, 0.15) is 356 Å². The molecule has 0 aromatic heterocycles. The molecule has 0 saturated carbocycles. The third-order valence-electron chi connectivity index (χ3n) is 13.2. The van der Waals surface area contributed by atoms with Gasteiger partial charge in [-0.2, -0.15) is 19.3 Å². The summed E-state index contributed by atoms with van der Waals surface area (Å²) in [6.45, 7) is 53.3. The van der Waals surface area contributed by atoms with Crippen LogP contribution in [0.4, 0.5) is 0 Å². The van der Waals surface area contributed by atoms with E-state index in [1.807, 2.05) is 55.5 Å². The van der Waals surface area contributed by atoms with E-state index in [-0.39, 0.29) is 86.1 Å². The van der Waals surface area contributed by atoms with Gasteiger partial charge in [-0.25, -0.2) is 0 Å². The zero-order valence-electron chi connectivity index (χ0n) is 65.2. The molecule has 0 bridgehead atoms. The maximum atomic E-state index is 11.2. The summed E-state index contributed by atoms with van der Waals surface area (Å²) in [6.07, 6.45) is 47.6. The fraction of sp³-hybridized carbons (Fsp3) is 0.859. The molecular weight excluding hydrogens is 1600 g/mol. The zero-order chi connectivity index (χ0) is 71.1. The molecule has 550 valence electrons. The molecule has 1 heterocycles. The summed E-state index contributed by atoms with van der Waals surface area (Å²) in [7, 11) is 5.17. The summed E-state index contributed by atoms with van der Waals surface area (Å²) >= 11 is 0. The fourth-order valence-corrected chi connectivity index (χ4v) is 7.74. The minimum atomic E-state index is -0.157. The molecule has 0 radical (unpaired) electrons. The van der Waals surface area contributed by atoms with Crippen LogP contribution >= 0.6 is 0 Å². The molecule has 2 unspecified atom stereocenters. The van der Waals surface area contributed by atoms with E-state index >= 15 is 0 Å². The van der Waals surface area contributed by atoms with Crippen LogP contribution in [0.15, 0.2) is 11.8 Å². The monoisotopic (exact) mass is 1760 g/mol. The number of likely N-dealkylation sites (tertiary alicyclic amines) is 1. The summed E-state index contributed by atoms with van der Waals surface area (Å²) in [5.74, 6) is 3.32. The number of aldehydes is 1.